The molecule has 2 fully saturated rings. The molecule has 1 saturated heterocycles. The summed E-state index contributed by atoms with van der Waals surface area (Å²) in [5.74, 6) is 1.42. The van der Waals surface area contributed by atoms with Crippen LogP contribution in [0.3, 0.4) is 0 Å². The van der Waals surface area contributed by atoms with Crippen molar-refractivity contribution in [2.75, 3.05) is 18.0 Å². The van der Waals surface area contributed by atoms with Gasteiger partial charge in [-0.3, -0.25) is 0 Å². The van der Waals surface area contributed by atoms with Gasteiger partial charge in [-0.1, -0.05) is 6.42 Å². The minimum atomic E-state index is 0.557. The molecule has 0 unspecified atom stereocenters. The molecule has 1 aromatic heterocycles. The van der Waals surface area contributed by atoms with Crippen molar-refractivity contribution in [1.29, 1.82) is 0 Å². The molecule has 2 N–H and O–H groups in total. The third kappa shape index (κ3) is 2.18. The molecule has 94 valence electrons. The van der Waals surface area contributed by atoms with Crippen LogP contribution in [0.5, 0.6) is 0 Å². The molecule has 0 spiro atoms. The zero-order valence-electron chi connectivity index (χ0n) is 10.2. The predicted octanol–water partition coefficient (Wildman–Crippen LogP) is 2.02. The van der Waals surface area contributed by atoms with E-state index < -0.39 is 0 Å². The lowest BCUT2D eigenvalue weighted by atomic mass is 9.91. The van der Waals surface area contributed by atoms with Gasteiger partial charge < -0.3 is 15.1 Å². The lowest BCUT2D eigenvalue weighted by Gasteiger charge is -2.33. The molecule has 4 heteroatoms. The van der Waals surface area contributed by atoms with E-state index in [1.54, 1.807) is 12.5 Å². The van der Waals surface area contributed by atoms with Crippen molar-refractivity contribution >= 4 is 6.01 Å². The fourth-order valence-electron chi connectivity index (χ4n) is 3.18. The number of nitrogens with zero attached hydrogens (tertiary/aromatic N) is 2. The molecule has 1 aliphatic heterocycles. The first-order valence-electron chi connectivity index (χ1n) is 6.76. The summed E-state index contributed by atoms with van der Waals surface area (Å²) in [5, 5.41) is 0. The van der Waals surface area contributed by atoms with Gasteiger partial charge in [0.25, 0.3) is 6.01 Å². The second-order valence-corrected chi connectivity index (χ2v) is 5.33. The summed E-state index contributed by atoms with van der Waals surface area (Å²) in [6, 6.07) is 1.35. The van der Waals surface area contributed by atoms with E-state index in [2.05, 4.69) is 9.88 Å². The fraction of sp³-hybridized carbons (Fsp3) is 0.769. The van der Waals surface area contributed by atoms with Crippen LogP contribution in [0.15, 0.2) is 16.9 Å². The standard InChI is InChI=1S/C13H21N3O/c14-9-11-3-1-2-7-16(12(11)10-4-5-10)13-15-6-8-17-13/h6,8,10-12H,1-5,7,9,14H2/t11-,12-/m1/s1. The zero-order valence-corrected chi connectivity index (χ0v) is 10.2. The molecule has 1 saturated carbocycles. The summed E-state index contributed by atoms with van der Waals surface area (Å²) >= 11 is 0. The van der Waals surface area contributed by atoms with Gasteiger partial charge in [-0.15, -0.1) is 0 Å². The van der Waals surface area contributed by atoms with E-state index in [4.69, 9.17) is 10.2 Å². The number of hydrogen-bond donors (Lipinski definition) is 1. The van der Waals surface area contributed by atoms with Crippen molar-refractivity contribution in [3.05, 3.63) is 12.5 Å². The molecule has 3 rings (SSSR count). The van der Waals surface area contributed by atoms with Gasteiger partial charge in [-0.05, 0) is 44.1 Å². The van der Waals surface area contributed by atoms with Crippen LogP contribution in [0, 0.1) is 11.8 Å². The molecular formula is C13H21N3O. The maximum atomic E-state index is 5.97. The number of rotatable bonds is 3. The maximum absolute atomic E-state index is 5.97. The molecule has 0 bridgehead atoms. The monoisotopic (exact) mass is 235 g/mol. The summed E-state index contributed by atoms with van der Waals surface area (Å²) in [6.07, 6.45) is 9.86. The van der Waals surface area contributed by atoms with E-state index in [-0.39, 0.29) is 0 Å². The minimum absolute atomic E-state index is 0.557. The minimum Gasteiger partial charge on any atom is -0.432 e. The summed E-state index contributed by atoms with van der Waals surface area (Å²) in [6.45, 7) is 1.86. The fourth-order valence-corrected chi connectivity index (χ4v) is 3.18. The molecule has 0 radical (unpaired) electrons. The van der Waals surface area contributed by atoms with Crippen LogP contribution in [0.2, 0.25) is 0 Å². The number of anilines is 1. The Labute approximate surface area is 102 Å². The van der Waals surface area contributed by atoms with Crippen LogP contribution in [0.25, 0.3) is 0 Å². The third-order valence-corrected chi connectivity index (χ3v) is 4.14. The highest BCUT2D eigenvalue weighted by Gasteiger charge is 2.41. The third-order valence-electron chi connectivity index (χ3n) is 4.14. The van der Waals surface area contributed by atoms with E-state index in [9.17, 15) is 0 Å². The van der Waals surface area contributed by atoms with Gasteiger partial charge in [0.05, 0.1) is 6.20 Å². The van der Waals surface area contributed by atoms with Gasteiger partial charge >= 0.3 is 0 Å². The summed E-state index contributed by atoms with van der Waals surface area (Å²) < 4.78 is 5.50. The Kier molecular flexibility index (Phi) is 3.05. The lowest BCUT2D eigenvalue weighted by molar-refractivity contribution is 0.353. The van der Waals surface area contributed by atoms with Crippen LogP contribution in [0.1, 0.15) is 32.1 Å². The molecule has 1 aromatic rings. The molecule has 0 aromatic carbocycles. The van der Waals surface area contributed by atoms with Crippen molar-refractivity contribution in [3.8, 4) is 0 Å². The van der Waals surface area contributed by atoms with Gasteiger partial charge in [0, 0.05) is 12.6 Å². The highest BCUT2D eigenvalue weighted by molar-refractivity contribution is 5.30. The lowest BCUT2D eigenvalue weighted by Crippen LogP contribution is -2.44. The smallest absolute Gasteiger partial charge is 0.297 e. The highest BCUT2D eigenvalue weighted by Crippen LogP contribution is 2.42. The van der Waals surface area contributed by atoms with Crippen LogP contribution in [-0.2, 0) is 0 Å². The van der Waals surface area contributed by atoms with Gasteiger partial charge in [0.1, 0.15) is 6.26 Å². The molecule has 4 nitrogen and oxygen atoms in total. The molecule has 0 amide bonds. The Morgan fingerprint density at radius 2 is 2.24 bits per heavy atom. The first kappa shape index (κ1) is 11.1. The Morgan fingerprint density at radius 1 is 1.35 bits per heavy atom. The van der Waals surface area contributed by atoms with Crippen molar-refractivity contribution in [2.45, 2.75) is 38.1 Å². The van der Waals surface area contributed by atoms with Crippen LogP contribution in [-0.4, -0.2) is 24.1 Å². The SMILES string of the molecule is NC[C@H]1CCCCN(c2ncco2)[C@@H]1C1CC1. The molecular weight excluding hydrogens is 214 g/mol. The molecule has 17 heavy (non-hydrogen) atoms. The van der Waals surface area contributed by atoms with E-state index in [0.717, 1.165) is 25.0 Å². The first-order valence-corrected chi connectivity index (χ1v) is 6.76. The summed E-state index contributed by atoms with van der Waals surface area (Å²) in [4.78, 5) is 6.71. The van der Waals surface area contributed by atoms with E-state index in [0.29, 0.717) is 12.0 Å². The normalized spacial score (nSPS) is 30.3. The largest absolute Gasteiger partial charge is 0.432 e. The Hall–Kier alpha value is -1.03. The van der Waals surface area contributed by atoms with Crippen molar-refractivity contribution in [1.82, 2.24) is 4.98 Å². The van der Waals surface area contributed by atoms with Gasteiger partial charge in [-0.2, -0.15) is 0 Å². The van der Waals surface area contributed by atoms with Crippen molar-refractivity contribution in [3.63, 3.8) is 0 Å². The number of nitrogens with two attached hydrogens (primary N) is 1. The average Bonchev–Trinajstić information content (AvgIpc) is 3.08. The predicted molar refractivity (Wildman–Crippen MR) is 66.8 cm³/mol. The second kappa shape index (κ2) is 4.69. The van der Waals surface area contributed by atoms with Crippen molar-refractivity contribution < 1.29 is 4.42 Å². The summed E-state index contributed by atoms with van der Waals surface area (Å²) in [5.41, 5.74) is 5.97. The number of aromatic nitrogens is 1. The topological polar surface area (TPSA) is 55.3 Å². The van der Waals surface area contributed by atoms with E-state index in [1.165, 1.54) is 32.1 Å². The van der Waals surface area contributed by atoms with E-state index in [1.807, 2.05) is 0 Å². The second-order valence-electron chi connectivity index (χ2n) is 5.33. The van der Waals surface area contributed by atoms with Gasteiger partial charge in [0.15, 0.2) is 0 Å². The Morgan fingerprint density at radius 3 is 2.88 bits per heavy atom. The summed E-state index contributed by atoms with van der Waals surface area (Å²) in [7, 11) is 0. The molecule has 2 heterocycles. The quantitative estimate of drug-likeness (QED) is 0.870. The average molecular weight is 235 g/mol. The van der Waals surface area contributed by atoms with Crippen LogP contribution >= 0.6 is 0 Å². The van der Waals surface area contributed by atoms with Crippen LogP contribution < -0.4 is 10.6 Å². The molecule has 2 aliphatic rings. The highest BCUT2D eigenvalue weighted by atomic mass is 16.4. The van der Waals surface area contributed by atoms with Crippen LogP contribution in [0.4, 0.5) is 6.01 Å². The van der Waals surface area contributed by atoms with E-state index >= 15 is 0 Å². The molecule has 1 aliphatic carbocycles. The van der Waals surface area contributed by atoms with Gasteiger partial charge in [0.2, 0.25) is 0 Å². The first-order chi connectivity index (χ1) is 8.40. The van der Waals surface area contributed by atoms with Crippen molar-refractivity contribution in [2.24, 2.45) is 17.6 Å². The zero-order chi connectivity index (χ0) is 11.7. The van der Waals surface area contributed by atoms with Gasteiger partial charge in [-0.25, -0.2) is 4.98 Å². The Balaban J connectivity index is 1.86. The Bertz CT molecular complexity index is 348. The number of hydrogen-bond acceptors (Lipinski definition) is 4. The molecule has 2 atom stereocenters. The number of oxazole rings is 1. The maximum Gasteiger partial charge on any atom is 0.297 e.